The SMILES string of the molecule is CSc1sc(-c2ccc[nH]2)c2c1C(=O)CC(C)(C)C2. The van der Waals surface area contributed by atoms with E-state index in [-0.39, 0.29) is 5.41 Å². The van der Waals surface area contributed by atoms with Crippen molar-refractivity contribution in [3.63, 3.8) is 0 Å². The maximum atomic E-state index is 12.4. The molecule has 0 fully saturated rings. The van der Waals surface area contributed by atoms with Gasteiger partial charge in [0.15, 0.2) is 5.78 Å². The normalized spacial score (nSPS) is 17.5. The van der Waals surface area contributed by atoms with Crippen molar-refractivity contribution >= 4 is 28.9 Å². The van der Waals surface area contributed by atoms with Gasteiger partial charge in [-0.3, -0.25) is 4.79 Å². The lowest BCUT2D eigenvalue weighted by atomic mass is 9.74. The zero-order valence-corrected chi connectivity index (χ0v) is 13.0. The molecule has 2 aromatic heterocycles. The van der Waals surface area contributed by atoms with E-state index in [0.29, 0.717) is 12.2 Å². The summed E-state index contributed by atoms with van der Waals surface area (Å²) in [5, 5.41) is 0. The molecule has 1 aliphatic rings. The summed E-state index contributed by atoms with van der Waals surface area (Å²) in [6.07, 6.45) is 5.64. The molecular formula is C15H17NOS2. The number of aromatic amines is 1. The minimum atomic E-state index is 0.0716. The molecule has 1 aliphatic carbocycles. The Morgan fingerprint density at radius 1 is 1.37 bits per heavy atom. The lowest BCUT2D eigenvalue weighted by Gasteiger charge is -2.29. The highest BCUT2D eigenvalue weighted by molar-refractivity contribution is 8.00. The Hall–Kier alpha value is -1.00. The molecule has 0 saturated heterocycles. The van der Waals surface area contributed by atoms with E-state index in [9.17, 15) is 4.79 Å². The quantitative estimate of drug-likeness (QED) is 0.819. The summed E-state index contributed by atoms with van der Waals surface area (Å²) in [5.74, 6) is 0.310. The molecule has 1 N–H and O–H groups in total. The van der Waals surface area contributed by atoms with E-state index in [1.807, 2.05) is 12.3 Å². The first-order chi connectivity index (χ1) is 9.02. The molecule has 19 heavy (non-hydrogen) atoms. The minimum Gasteiger partial charge on any atom is -0.361 e. The topological polar surface area (TPSA) is 32.9 Å². The van der Waals surface area contributed by atoms with Crippen LogP contribution in [0.25, 0.3) is 10.6 Å². The molecule has 2 nitrogen and oxygen atoms in total. The Morgan fingerprint density at radius 2 is 2.16 bits per heavy atom. The second kappa shape index (κ2) is 4.53. The van der Waals surface area contributed by atoms with Crippen LogP contribution in [0, 0.1) is 5.41 Å². The van der Waals surface area contributed by atoms with E-state index in [2.05, 4.69) is 31.2 Å². The minimum absolute atomic E-state index is 0.0716. The van der Waals surface area contributed by atoms with E-state index in [1.165, 1.54) is 14.6 Å². The fourth-order valence-corrected chi connectivity index (χ4v) is 4.87. The van der Waals surface area contributed by atoms with Gasteiger partial charge in [0.25, 0.3) is 0 Å². The zero-order valence-electron chi connectivity index (χ0n) is 11.4. The van der Waals surface area contributed by atoms with Gasteiger partial charge in [0.2, 0.25) is 0 Å². The van der Waals surface area contributed by atoms with E-state index in [0.717, 1.165) is 17.7 Å². The standard InChI is InChI=1S/C15H17NOS2/c1-15(2)7-9-12(11(17)8-15)14(18-3)19-13(9)10-5-4-6-16-10/h4-6,16H,7-8H2,1-3H3. The number of carbonyl (C=O) groups excluding carboxylic acids is 1. The van der Waals surface area contributed by atoms with Gasteiger partial charge in [-0.25, -0.2) is 0 Å². The van der Waals surface area contributed by atoms with Crippen LogP contribution in [0.1, 0.15) is 36.2 Å². The molecule has 3 rings (SSSR count). The first-order valence-electron chi connectivity index (χ1n) is 6.38. The summed E-state index contributed by atoms with van der Waals surface area (Å²) < 4.78 is 1.17. The third kappa shape index (κ3) is 2.17. The number of nitrogens with one attached hydrogen (secondary N) is 1. The van der Waals surface area contributed by atoms with E-state index >= 15 is 0 Å². The fourth-order valence-electron chi connectivity index (χ4n) is 2.79. The molecule has 0 bridgehead atoms. The van der Waals surface area contributed by atoms with Gasteiger partial charge in [-0.2, -0.15) is 0 Å². The molecule has 2 heterocycles. The van der Waals surface area contributed by atoms with Gasteiger partial charge in [0.1, 0.15) is 0 Å². The second-order valence-corrected chi connectivity index (χ2v) is 7.90. The number of H-pyrrole nitrogens is 1. The van der Waals surface area contributed by atoms with Crippen molar-refractivity contribution in [1.82, 2.24) is 4.98 Å². The average Bonchev–Trinajstić information content (AvgIpc) is 2.93. The van der Waals surface area contributed by atoms with E-state index in [1.54, 1.807) is 23.1 Å². The summed E-state index contributed by atoms with van der Waals surface area (Å²) in [6.45, 7) is 4.37. The average molecular weight is 291 g/mol. The van der Waals surface area contributed by atoms with Crippen LogP contribution < -0.4 is 0 Å². The molecule has 0 spiro atoms. The van der Waals surface area contributed by atoms with E-state index < -0.39 is 0 Å². The lowest BCUT2D eigenvalue weighted by molar-refractivity contribution is 0.0910. The molecular weight excluding hydrogens is 274 g/mol. The molecule has 0 amide bonds. The summed E-state index contributed by atoms with van der Waals surface area (Å²) in [5.41, 5.74) is 3.44. The molecule has 0 unspecified atom stereocenters. The highest BCUT2D eigenvalue weighted by Crippen LogP contribution is 2.47. The van der Waals surface area contributed by atoms with Gasteiger partial charge in [-0.05, 0) is 35.8 Å². The van der Waals surface area contributed by atoms with Crippen LogP contribution in [-0.4, -0.2) is 17.0 Å². The van der Waals surface area contributed by atoms with Crippen LogP contribution in [0.15, 0.2) is 22.5 Å². The first kappa shape index (κ1) is 13.0. The van der Waals surface area contributed by atoms with Crippen molar-refractivity contribution < 1.29 is 4.79 Å². The predicted molar refractivity (Wildman–Crippen MR) is 82.3 cm³/mol. The third-order valence-electron chi connectivity index (χ3n) is 3.58. The van der Waals surface area contributed by atoms with Crippen molar-refractivity contribution in [1.29, 1.82) is 0 Å². The third-order valence-corrected chi connectivity index (χ3v) is 5.96. The van der Waals surface area contributed by atoms with Crippen LogP contribution in [0.4, 0.5) is 0 Å². The van der Waals surface area contributed by atoms with Gasteiger partial charge in [0, 0.05) is 18.2 Å². The molecule has 100 valence electrons. The van der Waals surface area contributed by atoms with Crippen molar-refractivity contribution in [3.8, 4) is 10.6 Å². The highest BCUT2D eigenvalue weighted by atomic mass is 32.2. The number of rotatable bonds is 2. The second-order valence-electron chi connectivity index (χ2n) is 5.80. The van der Waals surface area contributed by atoms with Crippen molar-refractivity contribution in [2.24, 2.45) is 5.41 Å². The number of carbonyl (C=O) groups is 1. The lowest BCUT2D eigenvalue weighted by Crippen LogP contribution is -2.26. The van der Waals surface area contributed by atoms with Crippen molar-refractivity contribution in [2.45, 2.75) is 30.9 Å². The Balaban J connectivity index is 2.21. The van der Waals surface area contributed by atoms with Gasteiger partial charge in [-0.1, -0.05) is 13.8 Å². The van der Waals surface area contributed by atoms with Crippen LogP contribution in [-0.2, 0) is 6.42 Å². The van der Waals surface area contributed by atoms with Crippen LogP contribution >= 0.6 is 23.1 Å². The monoisotopic (exact) mass is 291 g/mol. The highest BCUT2D eigenvalue weighted by Gasteiger charge is 2.36. The molecule has 2 aromatic rings. The number of ketones is 1. The van der Waals surface area contributed by atoms with E-state index in [4.69, 9.17) is 0 Å². The summed E-state index contributed by atoms with van der Waals surface area (Å²) >= 11 is 3.44. The summed E-state index contributed by atoms with van der Waals surface area (Å²) in [4.78, 5) is 17.0. The van der Waals surface area contributed by atoms with Gasteiger partial charge >= 0.3 is 0 Å². The summed E-state index contributed by atoms with van der Waals surface area (Å²) in [6, 6.07) is 4.10. The fraction of sp³-hybridized carbons (Fsp3) is 0.400. The largest absolute Gasteiger partial charge is 0.361 e. The Kier molecular flexibility index (Phi) is 3.10. The molecule has 0 radical (unpaired) electrons. The number of Topliss-reactive ketones (excluding diaryl/α,β-unsaturated/α-hetero) is 1. The molecule has 0 atom stereocenters. The smallest absolute Gasteiger partial charge is 0.165 e. The van der Waals surface area contributed by atoms with Crippen molar-refractivity contribution in [3.05, 3.63) is 29.5 Å². The summed E-state index contributed by atoms with van der Waals surface area (Å²) in [7, 11) is 0. The van der Waals surface area contributed by atoms with Crippen LogP contribution in [0.5, 0.6) is 0 Å². The van der Waals surface area contributed by atoms with Gasteiger partial charge in [0.05, 0.1) is 14.8 Å². The van der Waals surface area contributed by atoms with Crippen molar-refractivity contribution in [2.75, 3.05) is 6.26 Å². The van der Waals surface area contributed by atoms with Crippen LogP contribution in [0.2, 0.25) is 0 Å². The maximum absolute atomic E-state index is 12.4. The Labute approximate surface area is 121 Å². The predicted octanol–water partition coefficient (Wildman–Crippen LogP) is 4.62. The maximum Gasteiger partial charge on any atom is 0.165 e. The zero-order chi connectivity index (χ0) is 13.6. The molecule has 0 aliphatic heterocycles. The number of hydrogen-bond acceptors (Lipinski definition) is 3. The molecule has 0 saturated carbocycles. The number of hydrogen-bond donors (Lipinski definition) is 1. The van der Waals surface area contributed by atoms with Gasteiger partial charge in [-0.15, -0.1) is 23.1 Å². The number of aromatic nitrogens is 1. The molecule has 0 aromatic carbocycles. The van der Waals surface area contributed by atoms with Crippen LogP contribution in [0.3, 0.4) is 0 Å². The number of thioether (sulfide) groups is 1. The number of thiophene rings is 1. The van der Waals surface area contributed by atoms with Gasteiger partial charge < -0.3 is 4.98 Å². The number of fused-ring (bicyclic) bond motifs is 1. The Morgan fingerprint density at radius 3 is 2.79 bits per heavy atom. The first-order valence-corrected chi connectivity index (χ1v) is 8.42. The molecule has 4 heteroatoms. The Bertz CT molecular complexity index is 623.